The normalized spacial score (nSPS) is 12.3. The Bertz CT molecular complexity index is 672. The van der Waals surface area contributed by atoms with Gasteiger partial charge in [-0.2, -0.15) is 0 Å². The summed E-state index contributed by atoms with van der Waals surface area (Å²) in [5.74, 6) is 3.22. The number of rotatable bonds is 7. The number of methoxy groups -OCH3 is 1. The van der Waals surface area contributed by atoms with Gasteiger partial charge in [-0.3, -0.25) is 0 Å². The Morgan fingerprint density at radius 1 is 0.957 bits per heavy atom. The first-order valence-corrected chi connectivity index (χ1v) is 7.80. The lowest BCUT2D eigenvalue weighted by Crippen LogP contribution is -2.80. The highest BCUT2D eigenvalue weighted by Crippen LogP contribution is 2.32. The summed E-state index contributed by atoms with van der Waals surface area (Å²) in [6.45, 7) is 4.66. The fourth-order valence-electron chi connectivity index (χ4n) is 2.59. The second-order valence-corrected chi connectivity index (χ2v) is 5.30. The molecule has 122 valence electrons. The number of ether oxygens (including phenoxy) is 4. The molecule has 0 saturated heterocycles. The highest BCUT2D eigenvalue weighted by atomic mass is 16.7. The number of nitrogens with two attached hydrogens (primary N) is 1. The molecule has 0 atom stereocenters. The monoisotopic (exact) mass is 316 g/mol. The zero-order valence-corrected chi connectivity index (χ0v) is 13.5. The highest BCUT2D eigenvalue weighted by molar-refractivity contribution is 5.44. The Hall–Kier alpha value is -2.40. The van der Waals surface area contributed by atoms with Crippen LogP contribution in [0.15, 0.2) is 36.4 Å². The average molecular weight is 316 g/mol. The molecule has 2 N–H and O–H groups in total. The Kier molecular flexibility index (Phi) is 4.88. The van der Waals surface area contributed by atoms with Crippen molar-refractivity contribution < 1.29 is 24.3 Å². The van der Waals surface area contributed by atoms with Crippen molar-refractivity contribution in [3.63, 3.8) is 0 Å². The van der Waals surface area contributed by atoms with Gasteiger partial charge >= 0.3 is 0 Å². The van der Waals surface area contributed by atoms with E-state index in [9.17, 15) is 0 Å². The summed E-state index contributed by atoms with van der Waals surface area (Å²) in [6, 6.07) is 12.1. The Morgan fingerprint density at radius 3 is 2.48 bits per heavy atom. The number of quaternary nitrogens is 1. The molecular formula is C18H22NO4+. The van der Waals surface area contributed by atoms with Gasteiger partial charge in [-0.15, -0.1) is 0 Å². The molecule has 0 radical (unpaired) electrons. The van der Waals surface area contributed by atoms with Gasteiger partial charge in [0.25, 0.3) is 0 Å². The van der Waals surface area contributed by atoms with E-state index in [2.05, 4.69) is 17.4 Å². The summed E-state index contributed by atoms with van der Waals surface area (Å²) in [7, 11) is 1.66. The molecule has 0 spiro atoms. The number of hydrogen-bond donors (Lipinski definition) is 1. The van der Waals surface area contributed by atoms with E-state index in [0.29, 0.717) is 13.4 Å². The van der Waals surface area contributed by atoms with E-state index in [4.69, 9.17) is 18.9 Å². The van der Waals surface area contributed by atoms with Gasteiger partial charge in [0.2, 0.25) is 6.79 Å². The fourth-order valence-corrected chi connectivity index (χ4v) is 2.59. The SMILES string of the molecule is CCOc1ccc(C[NH2+]Cc2ccc3c(c2)OCO3)cc1OC. The molecule has 0 unspecified atom stereocenters. The van der Waals surface area contributed by atoms with Crippen molar-refractivity contribution in [2.75, 3.05) is 20.5 Å². The molecule has 3 rings (SSSR count). The molecule has 1 heterocycles. The van der Waals surface area contributed by atoms with Crippen LogP contribution in [-0.2, 0) is 13.1 Å². The summed E-state index contributed by atoms with van der Waals surface area (Å²) in [6.07, 6.45) is 0. The number of fused-ring (bicyclic) bond motifs is 1. The lowest BCUT2D eigenvalue weighted by atomic mass is 10.1. The van der Waals surface area contributed by atoms with Crippen molar-refractivity contribution >= 4 is 0 Å². The van der Waals surface area contributed by atoms with Gasteiger partial charge in [-0.05, 0) is 43.3 Å². The smallest absolute Gasteiger partial charge is 0.231 e. The van der Waals surface area contributed by atoms with Crippen molar-refractivity contribution in [1.29, 1.82) is 0 Å². The lowest BCUT2D eigenvalue weighted by molar-refractivity contribution is -0.686. The molecule has 0 saturated carbocycles. The lowest BCUT2D eigenvalue weighted by Gasteiger charge is -2.10. The van der Waals surface area contributed by atoms with E-state index in [0.717, 1.165) is 36.1 Å². The summed E-state index contributed by atoms with van der Waals surface area (Å²) in [5.41, 5.74) is 2.41. The largest absolute Gasteiger partial charge is 0.493 e. The number of hydrogen-bond acceptors (Lipinski definition) is 4. The first-order valence-electron chi connectivity index (χ1n) is 7.80. The standard InChI is InChI=1S/C18H21NO4/c1-3-21-15-6-4-13(8-17(15)20-2)10-19-11-14-5-7-16-18(9-14)23-12-22-16/h4-9,19H,3,10-12H2,1-2H3/p+1. The zero-order valence-electron chi connectivity index (χ0n) is 13.5. The van der Waals surface area contributed by atoms with E-state index in [1.807, 2.05) is 31.2 Å². The van der Waals surface area contributed by atoms with E-state index < -0.39 is 0 Å². The molecule has 0 bridgehead atoms. The van der Waals surface area contributed by atoms with Crippen LogP contribution < -0.4 is 24.3 Å². The molecular weight excluding hydrogens is 294 g/mol. The van der Waals surface area contributed by atoms with Gasteiger partial charge in [0.15, 0.2) is 23.0 Å². The van der Waals surface area contributed by atoms with Crippen molar-refractivity contribution in [3.8, 4) is 23.0 Å². The molecule has 0 amide bonds. The van der Waals surface area contributed by atoms with E-state index in [1.54, 1.807) is 7.11 Å². The van der Waals surface area contributed by atoms with Gasteiger partial charge in [0, 0.05) is 11.1 Å². The minimum absolute atomic E-state index is 0.314. The van der Waals surface area contributed by atoms with E-state index >= 15 is 0 Å². The first kappa shape index (κ1) is 15.5. The topological polar surface area (TPSA) is 53.5 Å². The fraction of sp³-hybridized carbons (Fsp3) is 0.333. The van der Waals surface area contributed by atoms with Crippen LogP contribution >= 0.6 is 0 Å². The van der Waals surface area contributed by atoms with Crippen molar-refractivity contribution in [1.82, 2.24) is 0 Å². The summed E-state index contributed by atoms with van der Waals surface area (Å²) in [4.78, 5) is 0. The van der Waals surface area contributed by atoms with Crippen LogP contribution in [0.2, 0.25) is 0 Å². The van der Waals surface area contributed by atoms with E-state index in [1.165, 1.54) is 11.1 Å². The minimum Gasteiger partial charge on any atom is -0.493 e. The van der Waals surface area contributed by atoms with Crippen LogP contribution in [0.1, 0.15) is 18.1 Å². The Balaban J connectivity index is 1.58. The van der Waals surface area contributed by atoms with Crippen molar-refractivity contribution in [2.24, 2.45) is 0 Å². The third kappa shape index (κ3) is 3.68. The van der Waals surface area contributed by atoms with Crippen LogP contribution in [0.25, 0.3) is 0 Å². The second-order valence-electron chi connectivity index (χ2n) is 5.30. The van der Waals surface area contributed by atoms with Crippen molar-refractivity contribution in [3.05, 3.63) is 47.5 Å². The van der Waals surface area contributed by atoms with Gasteiger partial charge in [0.05, 0.1) is 13.7 Å². The summed E-state index contributed by atoms with van der Waals surface area (Å²) < 4.78 is 21.7. The van der Waals surface area contributed by atoms with E-state index in [-0.39, 0.29) is 0 Å². The summed E-state index contributed by atoms with van der Waals surface area (Å²) in [5, 5.41) is 2.24. The van der Waals surface area contributed by atoms with Crippen LogP contribution in [0.5, 0.6) is 23.0 Å². The van der Waals surface area contributed by atoms with Crippen LogP contribution in [0.3, 0.4) is 0 Å². The van der Waals surface area contributed by atoms with Gasteiger partial charge in [-0.25, -0.2) is 0 Å². The molecule has 2 aromatic carbocycles. The highest BCUT2D eigenvalue weighted by Gasteiger charge is 2.13. The molecule has 5 heteroatoms. The van der Waals surface area contributed by atoms with Crippen LogP contribution in [-0.4, -0.2) is 20.5 Å². The minimum atomic E-state index is 0.314. The molecule has 0 aliphatic carbocycles. The maximum atomic E-state index is 5.54. The molecule has 0 fully saturated rings. The van der Waals surface area contributed by atoms with Gasteiger partial charge in [-0.1, -0.05) is 0 Å². The van der Waals surface area contributed by atoms with Gasteiger partial charge in [0.1, 0.15) is 13.1 Å². The maximum Gasteiger partial charge on any atom is 0.231 e. The molecule has 1 aliphatic heterocycles. The maximum absolute atomic E-state index is 5.54. The predicted octanol–water partition coefficient (Wildman–Crippen LogP) is 2.09. The third-order valence-corrected chi connectivity index (χ3v) is 3.72. The average Bonchev–Trinajstić information content (AvgIpc) is 3.04. The Morgan fingerprint density at radius 2 is 1.70 bits per heavy atom. The molecule has 5 nitrogen and oxygen atoms in total. The summed E-state index contributed by atoms with van der Waals surface area (Å²) >= 11 is 0. The Labute approximate surface area is 136 Å². The van der Waals surface area contributed by atoms with Crippen LogP contribution in [0, 0.1) is 0 Å². The van der Waals surface area contributed by atoms with Gasteiger partial charge < -0.3 is 24.3 Å². The number of benzene rings is 2. The van der Waals surface area contributed by atoms with Crippen molar-refractivity contribution in [2.45, 2.75) is 20.0 Å². The second kappa shape index (κ2) is 7.24. The van der Waals surface area contributed by atoms with Crippen LogP contribution in [0.4, 0.5) is 0 Å². The molecule has 0 aromatic heterocycles. The molecule has 2 aromatic rings. The molecule has 1 aliphatic rings. The first-order chi connectivity index (χ1) is 11.3. The predicted molar refractivity (Wildman–Crippen MR) is 86.1 cm³/mol. The zero-order chi connectivity index (χ0) is 16.1. The quantitative estimate of drug-likeness (QED) is 0.850. The molecule has 23 heavy (non-hydrogen) atoms. The third-order valence-electron chi connectivity index (χ3n) is 3.72.